The van der Waals surface area contributed by atoms with Crippen molar-refractivity contribution >= 4 is 35.8 Å². The highest BCUT2D eigenvalue weighted by Gasteiger charge is 2.29. The molecular formula is C12H14O13-6. The molecule has 0 aromatic rings. The van der Waals surface area contributed by atoms with E-state index in [-0.39, 0.29) is 0 Å². The summed E-state index contributed by atoms with van der Waals surface area (Å²) in [6.07, 6.45) is -2.72. The van der Waals surface area contributed by atoms with Crippen LogP contribution in [0.3, 0.4) is 0 Å². The highest BCUT2D eigenvalue weighted by atomic mass is 16.4. The Hall–Kier alpha value is -3.22. The van der Waals surface area contributed by atoms with Crippen molar-refractivity contribution in [1.82, 2.24) is 0 Å². The van der Waals surface area contributed by atoms with Gasteiger partial charge in [0, 0.05) is 42.7 Å². The molecule has 13 heteroatoms. The first-order valence-electron chi connectivity index (χ1n) is 5.84. The molecule has 0 saturated carbocycles. The highest BCUT2D eigenvalue weighted by molar-refractivity contribution is 5.86. The summed E-state index contributed by atoms with van der Waals surface area (Å²) in [7, 11) is 0. The summed E-state index contributed by atoms with van der Waals surface area (Å²) < 4.78 is 0. The maximum atomic E-state index is 10.1. The predicted molar refractivity (Wildman–Crippen MR) is 61.2 cm³/mol. The van der Waals surface area contributed by atoms with Gasteiger partial charge in [0.2, 0.25) is 0 Å². The van der Waals surface area contributed by atoms with E-state index in [1.54, 1.807) is 0 Å². The van der Waals surface area contributed by atoms with E-state index < -0.39 is 54.3 Å². The molecule has 0 atom stereocenters. The third-order valence-electron chi connectivity index (χ3n) is 1.25. The van der Waals surface area contributed by atoms with Gasteiger partial charge in [-0.05, 0) is 20.8 Å². The van der Waals surface area contributed by atoms with Gasteiger partial charge in [0.15, 0.2) is 0 Å². The molecule has 0 saturated heterocycles. The lowest BCUT2D eigenvalue weighted by Crippen LogP contribution is -2.54. The fraction of sp³-hybridized carbons (Fsp3) is 0.500. The third kappa shape index (κ3) is 44.9. The Labute approximate surface area is 140 Å². The second-order valence-electron chi connectivity index (χ2n) is 3.89. The quantitative estimate of drug-likeness (QED) is 0.474. The van der Waals surface area contributed by atoms with Crippen molar-refractivity contribution < 1.29 is 64.5 Å². The van der Waals surface area contributed by atoms with E-state index in [0.717, 1.165) is 20.8 Å². The van der Waals surface area contributed by atoms with Gasteiger partial charge in [0.05, 0.1) is 5.97 Å². The summed E-state index contributed by atoms with van der Waals surface area (Å²) >= 11 is 0. The number of aliphatic carboxylic acids is 6. The number of carbonyl (C=O) groups is 6. The van der Waals surface area contributed by atoms with E-state index in [4.69, 9.17) is 34.8 Å². The van der Waals surface area contributed by atoms with Gasteiger partial charge in [-0.3, -0.25) is 0 Å². The Kier molecular flexibility index (Phi) is 18.6. The summed E-state index contributed by atoms with van der Waals surface area (Å²) in [5, 5.41) is 65.6. The first-order valence-corrected chi connectivity index (χ1v) is 5.84. The van der Waals surface area contributed by atoms with E-state index in [0.29, 0.717) is 0 Å². The summed E-state index contributed by atoms with van der Waals surface area (Å²) in [5.74, 6) is -9.23. The van der Waals surface area contributed by atoms with Crippen LogP contribution in [-0.2, 0) is 28.8 Å². The van der Waals surface area contributed by atoms with E-state index in [2.05, 4.69) is 0 Å². The fourth-order valence-corrected chi connectivity index (χ4v) is 0.684. The zero-order valence-electron chi connectivity index (χ0n) is 13.3. The molecule has 0 unspecified atom stereocenters. The van der Waals surface area contributed by atoms with Gasteiger partial charge in [0.1, 0.15) is 5.60 Å². The van der Waals surface area contributed by atoms with E-state index in [1.165, 1.54) is 0 Å². The zero-order valence-corrected chi connectivity index (χ0v) is 13.3. The van der Waals surface area contributed by atoms with Crippen LogP contribution in [0.15, 0.2) is 0 Å². The molecule has 0 aliphatic rings. The van der Waals surface area contributed by atoms with Crippen molar-refractivity contribution in [2.24, 2.45) is 0 Å². The number of hydrogen-bond donors (Lipinski definition) is 1. The van der Waals surface area contributed by atoms with Crippen molar-refractivity contribution in [3.63, 3.8) is 0 Å². The van der Waals surface area contributed by atoms with Crippen molar-refractivity contribution in [3.05, 3.63) is 0 Å². The minimum Gasteiger partial charge on any atom is -0.550 e. The number of hydrogen-bond acceptors (Lipinski definition) is 13. The first-order chi connectivity index (χ1) is 11.0. The average Bonchev–Trinajstić information content (AvgIpc) is 2.22. The van der Waals surface area contributed by atoms with Crippen molar-refractivity contribution in [2.75, 3.05) is 0 Å². The molecule has 0 aromatic carbocycles. The van der Waals surface area contributed by atoms with Gasteiger partial charge >= 0.3 is 0 Å². The van der Waals surface area contributed by atoms with Gasteiger partial charge in [-0.25, -0.2) is 0 Å². The molecule has 1 N–H and O–H groups in total. The van der Waals surface area contributed by atoms with Crippen LogP contribution < -0.4 is 30.6 Å². The minimum atomic E-state index is -2.97. The molecule has 0 aromatic heterocycles. The van der Waals surface area contributed by atoms with E-state index >= 15 is 0 Å². The van der Waals surface area contributed by atoms with Crippen molar-refractivity contribution in [1.29, 1.82) is 0 Å². The first kappa shape index (κ1) is 29.7. The lowest BCUT2D eigenvalue weighted by molar-refractivity contribution is -0.339. The van der Waals surface area contributed by atoms with Crippen LogP contribution in [-0.4, -0.2) is 46.5 Å². The van der Waals surface area contributed by atoms with E-state index in [9.17, 15) is 29.7 Å². The van der Waals surface area contributed by atoms with Crippen LogP contribution >= 0.6 is 0 Å². The number of rotatable bonds is 5. The van der Waals surface area contributed by atoms with Crippen LogP contribution in [0.25, 0.3) is 0 Å². The summed E-state index contributed by atoms with van der Waals surface area (Å²) in [6, 6.07) is 0. The Bertz CT molecular complexity index is 423. The number of carbonyl (C=O) groups excluding carboxylic acids is 6. The molecule has 0 aliphatic heterocycles. The van der Waals surface area contributed by atoms with Gasteiger partial charge in [-0.2, -0.15) is 0 Å². The molecule has 0 bridgehead atoms. The van der Waals surface area contributed by atoms with Crippen LogP contribution in [0.5, 0.6) is 0 Å². The largest absolute Gasteiger partial charge is 0.550 e. The molecule has 0 amide bonds. The molecular weight excluding hydrogens is 352 g/mol. The van der Waals surface area contributed by atoms with Gasteiger partial charge in [0.25, 0.3) is 0 Å². The SMILES string of the molecule is CC(=O)[O-].CC(=O)[O-].CC(=O)[O-].O=C([O-])CC(O)(CC(=O)[O-])C(=O)[O-]. The van der Waals surface area contributed by atoms with Crippen molar-refractivity contribution in [2.45, 2.75) is 39.2 Å². The van der Waals surface area contributed by atoms with Crippen molar-refractivity contribution in [3.8, 4) is 0 Å². The fourth-order valence-electron chi connectivity index (χ4n) is 0.684. The maximum Gasteiger partial charge on any atom is 0.114 e. The van der Waals surface area contributed by atoms with Crippen LogP contribution in [0.1, 0.15) is 33.6 Å². The third-order valence-corrected chi connectivity index (χ3v) is 1.25. The molecule has 25 heavy (non-hydrogen) atoms. The highest BCUT2D eigenvalue weighted by Crippen LogP contribution is 2.13. The number of aliphatic hydroxyl groups is 1. The molecule has 0 heterocycles. The normalized spacial score (nSPS) is 8.64. The second kappa shape index (κ2) is 15.7. The minimum absolute atomic E-state index is 0.972. The monoisotopic (exact) mass is 366 g/mol. The molecule has 146 valence electrons. The predicted octanol–water partition coefficient (Wildman–Crippen LogP) is -8.98. The Balaban J connectivity index is -0.000000150. The zero-order chi connectivity index (χ0) is 21.4. The maximum absolute atomic E-state index is 10.1. The van der Waals surface area contributed by atoms with Crippen LogP contribution in [0, 0.1) is 0 Å². The summed E-state index contributed by atoms with van der Waals surface area (Å²) in [4.78, 5) is 56.7. The summed E-state index contributed by atoms with van der Waals surface area (Å²) in [6.45, 7) is 2.92. The van der Waals surface area contributed by atoms with Gasteiger partial charge < -0.3 is 64.5 Å². The molecule has 0 spiro atoms. The van der Waals surface area contributed by atoms with Gasteiger partial charge in [-0.1, -0.05) is 0 Å². The van der Waals surface area contributed by atoms with Crippen LogP contribution in [0.2, 0.25) is 0 Å². The Morgan fingerprint density at radius 2 is 0.800 bits per heavy atom. The molecule has 0 radical (unpaired) electrons. The lowest BCUT2D eigenvalue weighted by atomic mass is 9.96. The topological polar surface area (TPSA) is 261 Å². The molecule has 0 fully saturated rings. The van der Waals surface area contributed by atoms with Gasteiger partial charge in [-0.15, -0.1) is 0 Å². The standard InChI is InChI=1S/C6H8O7.3C2H4O2/c7-3(8)1-6(13,5(11)12)2-4(9)10;3*1-2(3)4/h13H,1-2H2,(H,7,8)(H,9,10)(H,11,12);3*1H3,(H,3,4)/p-6. The molecule has 0 rings (SSSR count). The second-order valence-corrected chi connectivity index (χ2v) is 3.89. The number of carboxylic acids is 6. The Morgan fingerprint density at radius 1 is 0.640 bits per heavy atom. The van der Waals surface area contributed by atoms with E-state index in [1.807, 2.05) is 0 Å². The molecule has 13 nitrogen and oxygen atoms in total. The number of carboxylic acid groups (broad SMARTS) is 6. The lowest BCUT2D eigenvalue weighted by Gasteiger charge is -2.29. The molecule has 0 aliphatic carbocycles. The Morgan fingerprint density at radius 3 is 0.880 bits per heavy atom. The average molecular weight is 366 g/mol. The van der Waals surface area contributed by atoms with Crippen LogP contribution in [0.4, 0.5) is 0 Å². The smallest absolute Gasteiger partial charge is 0.114 e. The summed E-state index contributed by atoms with van der Waals surface area (Å²) in [5.41, 5.74) is -2.97.